The van der Waals surface area contributed by atoms with Crippen LogP contribution in [0.1, 0.15) is 6.92 Å². The molecule has 0 aliphatic carbocycles. The summed E-state index contributed by atoms with van der Waals surface area (Å²) in [6.45, 7) is 2.93. The first-order valence-corrected chi connectivity index (χ1v) is 8.01. The first-order chi connectivity index (χ1) is 8.78. The van der Waals surface area contributed by atoms with Crippen LogP contribution in [0.3, 0.4) is 0 Å². The van der Waals surface area contributed by atoms with E-state index < -0.39 is 0 Å². The minimum absolute atomic E-state index is 0.789. The fourth-order valence-electron chi connectivity index (χ4n) is 1.70. The predicted molar refractivity (Wildman–Crippen MR) is 82.6 cm³/mol. The van der Waals surface area contributed by atoms with Crippen molar-refractivity contribution in [3.63, 3.8) is 0 Å². The normalized spacial score (nSPS) is 11.0. The molecule has 0 aliphatic rings. The number of fused-ring (bicyclic) bond motifs is 1. The van der Waals surface area contributed by atoms with Gasteiger partial charge in [0, 0.05) is 6.54 Å². The van der Waals surface area contributed by atoms with Crippen LogP contribution >= 0.6 is 38.6 Å². The van der Waals surface area contributed by atoms with Crippen molar-refractivity contribution in [1.82, 2.24) is 9.97 Å². The van der Waals surface area contributed by atoms with E-state index in [1.807, 2.05) is 17.5 Å². The Hall–Kier alpha value is -0.980. The van der Waals surface area contributed by atoms with Gasteiger partial charge in [0.15, 0.2) is 5.82 Å². The van der Waals surface area contributed by atoms with Gasteiger partial charge in [-0.15, -0.1) is 22.7 Å². The third-order valence-electron chi connectivity index (χ3n) is 2.46. The lowest BCUT2D eigenvalue weighted by atomic mass is 10.3. The van der Waals surface area contributed by atoms with E-state index in [0.29, 0.717) is 0 Å². The third kappa shape index (κ3) is 2.15. The number of hydrogen-bond acceptors (Lipinski definition) is 5. The molecular weight excluding hydrogens is 330 g/mol. The molecule has 0 fully saturated rings. The lowest BCUT2D eigenvalue weighted by Crippen LogP contribution is -2.01. The molecule has 3 aromatic rings. The minimum Gasteiger partial charge on any atom is -0.370 e. The van der Waals surface area contributed by atoms with Crippen LogP contribution < -0.4 is 5.32 Å². The zero-order chi connectivity index (χ0) is 12.5. The Labute approximate surface area is 121 Å². The fraction of sp³-hybridized carbons (Fsp3) is 0.167. The molecule has 0 aromatic carbocycles. The van der Waals surface area contributed by atoms with E-state index in [1.54, 1.807) is 22.7 Å². The number of anilines is 1. The molecule has 0 spiro atoms. The van der Waals surface area contributed by atoms with Crippen molar-refractivity contribution in [3.8, 4) is 10.7 Å². The summed E-state index contributed by atoms with van der Waals surface area (Å²) in [4.78, 5) is 11.3. The number of aromatic nitrogens is 2. The smallest absolute Gasteiger partial charge is 0.173 e. The zero-order valence-electron chi connectivity index (χ0n) is 9.61. The summed E-state index contributed by atoms with van der Waals surface area (Å²) in [5, 5.41) is 6.45. The molecule has 0 atom stereocenters. The molecule has 3 nitrogen and oxygen atoms in total. The van der Waals surface area contributed by atoms with Crippen LogP contribution in [0.25, 0.3) is 20.9 Å². The van der Waals surface area contributed by atoms with Crippen LogP contribution in [-0.2, 0) is 0 Å². The molecule has 1 N–H and O–H groups in total. The molecule has 0 unspecified atom stereocenters. The highest BCUT2D eigenvalue weighted by Crippen LogP contribution is 2.33. The van der Waals surface area contributed by atoms with Crippen LogP contribution in [0.15, 0.2) is 27.4 Å². The lowest BCUT2D eigenvalue weighted by Gasteiger charge is -2.05. The summed E-state index contributed by atoms with van der Waals surface area (Å²) >= 11 is 6.76. The van der Waals surface area contributed by atoms with Gasteiger partial charge in [-0.1, -0.05) is 0 Å². The second kappa shape index (κ2) is 4.95. The number of hydrogen-bond donors (Lipinski definition) is 1. The van der Waals surface area contributed by atoms with Gasteiger partial charge in [0.25, 0.3) is 0 Å². The minimum atomic E-state index is 0.789. The van der Waals surface area contributed by atoms with Crippen molar-refractivity contribution in [1.29, 1.82) is 0 Å². The highest BCUT2D eigenvalue weighted by molar-refractivity contribution is 9.11. The van der Waals surface area contributed by atoms with Crippen molar-refractivity contribution < 1.29 is 0 Å². The zero-order valence-corrected chi connectivity index (χ0v) is 12.8. The van der Waals surface area contributed by atoms with Crippen LogP contribution in [-0.4, -0.2) is 16.5 Å². The third-order valence-corrected chi connectivity index (χ3v) is 4.89. The molecule has 3 rings (SSSR count). The molecule has 3 aromatic heterocycles. The van der Waals surface area contributed by atoms with Gasteiger partial charge in [0.2, 0.25) is 0 Å². The maximum Gasteiger partial charge on any atom is 0.173 e. The highest BCUT2D eigenvalue weighted by atomic mass is 79.9. The van der Waals surface area contributed by atoms with Crippen molar-refractivity contribution in [3.05, 3.63) is 27.4 Å². The van der Waals surface area contributed by atoms with Crippen LogP contribution in [0.4, 0.5) is 5.82 Å². The van der Waals surface area contributed by atoms with E-state index in [4.69, 9.17) is 0 Å². The Bertz CT molecular complexity index is 690. The lowest BCUT2D eigenvalue weighted by molar-refractivity contribution is 1.15. The summed E-state index contributed by atoms with van der Waals surface area (Å²) in [5.74, 6) is 1.71. The van der Waals surface area contributed by atoms with E-state index in [9.17, 15) is 0 Å². The maximum absolute atomic E-state index is 4.62. The Morgan fingerprint density at radius 2 is 2.17 bits per heavy atom. The average molecular weight is 340 g/mol. The molecule has 0 saturated carbocycles. The van der Waals surface area contributed by atoms with Gasteiger partial charge in [-0.2, -0.15) is 0 Å². The molecule has 0 amide bonds. The fourth-order valence-corrected chi connectivity index (χ4v) is 3.79. The molecule has 0 bridgehead atoms. The summed E-state index contributed by atoms with van der Waals surface area (Å²) in [5.41, 5.74) is 0. The van der Waals surface area contributed by atoms with Crippen LogP contribution in [0, 0.1) is 0 Å². The topological polar surface area (TPSA) is 37.8 Å². The number of thiophene rings is 2. The summed E-state index contributed by atoms with van der Waals surface area (Å²) in [7, 11) is 0. The monoisotopic (exact) mass is 339 g/mol. The van der Waals surface area contributed by atoms with Crippen molar-refractivity contribution in [2.24, 2.45) is 0 Å². The van der Waals surface area contributed by atoms with Gasteiger partial charge in [-0.3, -0.25) is 0 Å². The second-order valence-corrected chi connectivity index (χ2v) is 7.03. The SMILES string of the molecule is CCNc1nc(-c2ccc(Br)s2)nc2sccc12. The number of rotatable bonds is 3. The van der Waals surface area contributed by atoms with Gasteiger partial charge < -0.3 is 5.32 Å². The van der Waals surface area contributed by atoms with E-state index in [0.717, 1.165) is 37.1 Å². The summed E-state index contributed by atoms with van der Waals surface area (Å²) in [6.07, 6.45) is 0. The standard InChI is InChI=1S/C12H10BrN3S2/c1-2-14-10-7-5-6-17-12(7)16-11(15-10)8-3-4-9(13)18-8/h3-6H,2H2,1H3,(H,14,15,16). The molecule has 0 aliphatic heterocycles. The quantitative estimate of drug-likeness (QED) is 0.756. The van der Waals surface area contributed by atoms with Gasteiger partial charge >= 0.3 is 0 Å². The van der Waals surface area contributed by atoms with Crippen molar-refractivity contribution in [2.75, 3.05) is 11.9 Å². The molecule has 6 heteroatoms. The highest BCUT2D eigenvalue weighted by Gasteiger charge is 2.11. The Morgan fingerprint density at radius 1 is 1.28 bits per heavy atom. The van der Waals surface area contributed by atoms with E-state index in [-0.39, 0.29) is 0 Å². The second-order valence-electron chi connectivity index (χ2n) is 3.67. The van der Waals surface area contributed by atoms with Gasteiger partial charge in [-0.25, -0.2) is 9.97 Å². The van der Waals surface area contributed by atoms with Crippen LogP contribution in [0.2, 0.25) is 0 Å². The number of halogens is 1. The molecule has 92 valence electrons. The first kappa shape index (κ1) is 12.1. The van der Waals surface area contributed by atoms with Crippen LogP contribution in [0.5, 0.6) is 0 Å². The van der Waals surface area contributed by atoms with E-state index >= 15 is 0 Å². The first-order valence-electron chi connectivity index (χ1n) is 5.52. The van der Waals surface area contributed by atoms with E-state index in [1.165, 1.54) is 0 Å². The van der Waals surface area contributed by atoms with Crippen molar-refractivity contribution >= 4 is 54.6 Å². The molecular formula is C12H10BrN3S2. The van der Waals surface area contributed by atoms with E-state index in [2.05, 4.69) is 44.2 Å². The van der Waals surface area contributed by atoms with Gasteiger partial charge in [0.05, 0.1) is 14.0 Å². The van der Waals surface area contributed by atoms with Crippen molar-refractivity contribution in [2.45, 2.75) is 6.92 Å². The predicted octanol–water partition coefficient (Wildman–Crippen LogP) is 4.61. The maximum atomic E-state index is 4.62. The molecule has 0 saturated heterocycles. The Balaban J connectivity index is 2.18. The largest absolute Gasteiger partial charge is 0.370 e. The Morgan fingerprint density at radius 3 is 2.89 bits per heavy atom. The molecule has 18 heavy (non-hydrogen) atoms. The molecule has 3 heterocycles. The number of nitrogens with zero attached hydrogens (tertiary/aromatic N) is 2. The average Bonchev–Trinajstić information content (AvgIpc) is 2.97. The Kier molecular flexibility index (Phi) is 3.32. The summed E-state index contributed by atoms with van der Waals surface area (Å²) in [6, 6.07) is 6.13. The number of nitrogens with one attached hydrogen (secondary N) is 1. The molecule has 0 radical (unpaired) electrons. The summed E-state index contributed by atoms with van der Waals surface area (Å²) < 4.78 is 1.09. The van der Waals surface area contributed by atoms with Gasteiger partial charge in [0.1, 0.15) is 10.6 Å². The van der Waals surface area contributed by atoms with Gasteiger partial charge in [-0.05, 0) is 46.4 Å².